The van der Waals surface area contributed by atoms with E-state index in [-0.39, 0.29) is 24.4 Å². The van der Waals surface area contributed by atoms with Crippen LogP contribution in [0.3, 0.4) is 0 Å². The molecule has 0 aromatic rings. The third-order valence-corrected chi connectivity index (χ3v) is 2.37. The van der Waals surface area contributed by atoms with Gasteiger partial charge in [0.25, 0.3) is 0 Å². The smallest absolute Gasteiger partial charge is 0.323 e. The second-order valence-electron chi connectivity index (χ2n) is 3.22. The normalized spacial score (nSPS) is 26.6. The van der Waals surface area contributed by atoms with Gasteiger partial charge in [0.2, 0.25) is 0 Å². The van der Waals surface area contributed by atoms with Crippen molar-refractivity contribution in [3.8, 4) is 0 Å². The molecule has 0 aliphatic carbocycles. The van der Waals surface area contributed by atoms with Crippen LogP contribution >= 0.6 is 12.4 Å². The average Bonchev–Trinajstić information content (AvgIpc) is 2.52. The Morgan fingerprint density at radius 3 is 2.69 bits per heavy atom. The summed E-state index contributed by atoms with van der Waals surface area (Å²) in [7, 11) is 0. The monoisotopic (exact) mass is 207 g/mol. The first-order chi connectivity index (χ1) is 5.77. The maximum absolute atomic E-state index is 11.2. The number of carbonyl (C=O) groups is 1. The van der Waals surface area contributed by atoms with Crippen LogP contribution in [0.4, 0.5) is 0 Å². The fraction of sp³-hybridized carbons (Fsp3) is 0.889. The van der Waals surface area contributed by atoms with Crippen molar-refractivity contribution >= 4 is 18.4 Å². The lowest BCUT2D eigenvalue weighted by Gasteiger charge is -2.08. The van der Waals surface area contributed by atoms with Gasteiger partial charge >= 0.3 is 5.97 Å². The largest absolute Gasteiger partial charge is 0.465 e. The van der Waals surface area contributed by atoms with E-state index < -0.39 is 0 Å². The number of ether oxygens (including phenoxy) is 1. The van der Waals surface area contributed by atoms with Crippen molar-refractivity contribution in [2.45, 2.75) is 32.7 Å². The highest BCUT2D eigenvalue weighted by Crippen LogP contribution is 2.17. The molecule has 0 saturated carbocycles. The maximum atomic E-state index is 11.2. The third kappa shape index (κ3) is 3.53. The molecule has 1 rings (SSSR count). The van der Waals surface area contributed by atoms with E-state index in [4.69, 9.17) is 4.74 Å². The lowest BCUT2D eigenvalue weighted by molar-refractivity contribution is -0.145. The van der Waals surface area contributed by atoms with Gasteiger partial charge in [-0.3, -0.25) is 4.79 Å². The van der Waals surface area contributed by atoms with E-state index in [0.717, 1.165) is 19.4 Å². The minimum Gasteiger partial charge on any atom is -0.465 e. The fourth-order valence-corrected chi connectivity index (χ4v) is 1.54. The Labute approximate surface area is 85.6 Å². The summed E-state index contributed by atoms with van der Waals surface area (Å²) in [6.45, 7) is 5.43. The molecule has 2 unspecified atom stereocenters. The van der Waals surface area contributed by atoms with Gasteiger partial charge in [0, 0.05) is 0 Å². The predicted octanol–water partition coefficient (Wildman–Crippen LogP) is 1.36. The molecule has 0 aromatic carbocycles. The summed E-state index contributed by atoms with van der Waals surface area (Å²) >= 11 is 0. The van der Waals surface area contributed by atoms with Gasteiger partial charge in [-0.15, -0.1) is 12.4 Å². The van der Waals surface area contributed by atoms with Crippen LogP contribution in [0.15, 0.2) is 0 Å². The molecular formula is C9H18ClNO2. The van der Waals surface area contributed by atoms with E-state index in [9.17, 15) is 4.79 Å². The second kappa shape index (κ2) is 6.22. The highest BCUT2D eigenvalue weighted by Gasteiger charge is 2.28. The molecule has 0 aromatic heterocycles. The van der Waals surface area contributed by atoms with Crippen molar-refractivity contribution in [2.24, 2.45) is 5.92 Å². The van der Waals surface area contributed by atoms with Crippen LogP contribution in [0.25, 0.3) is 0 Å². The lowest BCUT2D eigenvalue weighted by Crippen LogP contribution is -2.32. The van der Waals surface area contributed by atoms with E-state index >= 15 is 0 Å². The van der Waals surface area contributed by atoms with Gasteiger partial charge in [0.05, 0.1) is 6.61 Å². The molecule has 13 heavy (non-hydrogen) atoms. The first-order valence-corrected chi connectivity index (χ1v) is 4.68. The van der Waals surface area contributed by atoms with Gasteiger partial charge in [0.1, 0.15) is 6.04 Å². The summed E-state index contributed by atoms with van der Waals surface area (Å²) in [5, 5.41) is 3.17. The van der Waals surface area contributed by atoms with Crippen LogP contribution < -0.4 is 5.32 Å². The molecule has 2 atom stereocenters. The van der Waals surface area contributed by atoms with Crippen molar-refractivity contribution in [2.75, 3.05) is 13.2 Å². The Morgan fingerprint density at radius 1 is 1.54 bits per heavy atom. The highest BCUT2D eigenvalue weighted by molar-refractivity contribution is 5.85. The van der Waals surface area contributed by atoms with Gasteiger partial charge < -0.3 is 10.1 Å². The number of rotatable bonds is 3. The summed E-state index contributed by atoms with van der Waals surface area (Å²) in [6.07, 6.45) is 2.08. The predicted molar refractivity (Wildman–Crippen MR) is 54.1 cm³/mol. The topological polar surface area (TPSA) is 38.3 Å². The fourth-order valence-electron chi connectivity index (χ4n) is 1.54. The quantitative estimate of drug-likeness (QED) is 0.711. The third-order valence-electron chi connectivity index (χ3n) is 2.37. The average molecular weight is 208 g/mol. The zero-order valence-electron chi connectivity index (χ0n) is 8.21. The molecule has 1 heterocycles. The van der Waals surface area contributed by atoms with Crippen LogP contribution in [0.1, 0.15) is 26.7 Å². The molecule has 3 nitrogen and oxygen atoms in total. The number of hydrogen-bond acceptors (Lipinski definition) is 3. The molecule has 1 aliphatic rings. The molecule has 78 valence electrons. The van der Waals surface area contributed by atoms with Crippen molar-refractivity contribution in [1.29, 1.82) is 0 Å². The molecular weight excluding hydrogens is 190 g/mol. The number of hydrogen-bond donors (Lipinski definition) is 1. The summed E-state index contributed by atoms with van der Waals surface area (Å²) < 4.78 is 4.92. The van der Waals surface area contributed by atoms with Crippen molar-refractivity contribution in [3.63, 3.8) is 0 Å². The minimum absolute atomic E-state index is 0. The minimum atomic E-state index is -0.0894. The number of esters is 1. The molecule has 0 radical (unpaired) electrons. The number of carbonyl (C=O) groups excluding carboxylic acids is 1. The van der Waals surface area contributed by atoms with E-state index in [2.05, 4.69) is 12.2 Å². The molecule has 1 N–H and O–H groups in total. The van der Waals surface area contributed by atoms with Gasteiger partial charge in [-0.1, -0.05) is 13.3 Å². The van der Waals surface area contributed by atoms with Crippen molar-refractivity contribution in [1.82, 2.24) is 5.32 Å². The first kappa shape index (κ1) is 12.7. The summed E-state index contributed by atoms with van der Waals surface area (Å²) in [5.41, 5.74) is 0. The highest BCUT2D eigenvalue weighted by atomic mass is 35.5. The summed E-state index contributed by atoms with van der Waals surface area (Å²) in [6, 6.07) is -0.0464. The van der Waals surface area contributed by atoms with Crippen LogP contribution in [-0.4, -0.2) is 25.2 Å². The Kier molecular flexibility index (Phi) is 6.08. The van der Waals surface area contributed by atoms with Crippen LogP contribution in [0.5, 0.6) is 0 Å². The molecule has 1 saturated heterocycles. The zero-order valence-corrected chi connectivity index (χ0v) is 9.02. The molecule has 1 aliphatic heterocycles. The standard InChI is InChI=1S/C9H17NO2.ClH/c1-3-7-5-8(10-6-7)9(11)12-4-2;/h7-8,10H,3-6H2,1-2H3;1H. The van der Waals surface area contributed by atoms with Gasteiger partial charge in [-0.25, -0.2) is 0 Å². The van der Waals surface area contributed by atoms with Gasteiger partial charge in [0.15, 0.2) is 0 Å². The van der Waals surface area contributed by atoms with Gasteiger partial charge in [-0.2, -0.15) is 0 Å². The SMILES string of the molecule is CCOC(=O)C1CC(CC)CN1.Cl. The zero-order chi connectivity index (χ0) is 8.97. The van der Waals surface area contributed by atoms with Crippen molar-refractivity contribution < 1.29 is 9.53 Å². The van der Waals surface area contributed by atoms with E-state index in [1.807, 2.05) is 6.92 Å². The van der Waals surface area contributed by atoms with Crippen LogP contribution in [0.2, 0.25) is 0 Å². The Hall–Kier alpha value is -0.280. The number of halogens is 1. The van der Waals surface area contributed by atoms with Crippen LogP contribution in [0, 0.1) is 5.92 Å². The Morgan fingerprint density at radius 2 is 2.23 bits per heavy atom. The lowest BCUT2D eigenvalue weighted by atomic mass is 10.0. The van der Waals surface area contributed by atoms with E-state index in [1.54, 1.807) is 0 Å². The Bertz CT molecular complexity index is 164. The molecule has 4 heteroatoms. The van der Waals surface area contributed by atoms with Crippen molar-refractivity contribution in [3.05, 3.63) is 0 Å². The Balaban J connectivity index is 0.00000144. The summed E-state index contributed by atoms with van der Waals surface area (Å²) in [5.74, 6) is 0.563. The maximum Gasteiger partial charge on any atom is 0.323 e. The molecule has 1 fully saturated rings. The molecule has 0 spiro atoms. The number of nitrogens with one attached hydrogen (secondary N) is 1. The van der Waals surface area contributed by atoms with E-state index in [0.29, 0.717) is 12.5 Å². The second-order valence-corrected chi connectivity index (χ2v) is 3.22. The first-order valence-electron chi connectivity index (χ1n) is 4.68. The van der Waals surface area contributed by atoms with Gasteiger partial charge in [-0.05, 0) is 25.8 Å². The summed E-state index contributed by atoms with van der Waals surface area (Å²) in [4.78, 5) is 11.2. The molecule has 0 amide bonds. The van der Waals surface area contributed by atoms with E-state index in [1.165, 1.54) is 0 Å². The van der Waals surface area contributed by atoms with Crippen LogP contribution in [-0.2, 0) is 9.53 Å². The molecule has 0 bridgehead atoms.